The molecule has 0 spiro atoms. The van der Waals surface area contributed by atoms with Gasteiger partial charge in [0.15, 0.2) is 0 Å². The van der Waals surface area contributed by atoms with Crippen molar-refractivity contribution >= 4 is 17.6 Å². The van der Waals surface area contributed by atoms with Crippen molar-refractivity contribution in [2.45, 2.75) is 44.9 Å². The quantitative estimate of drug-likeness (QED) is 0.110. The van der Waals surface area contributed by atoms with Crippen LogP contribution in [-0.2, 0) is 9.59 Å². The topological polar surface area (TPSA) is 180 Å². The third-order valence-corrected chi connectivity index (χ3v) is 6.73. The number of aliphatic carboxylic acids is 2. The van der Waals surface area contributed by atoms with E-state index in [1.54, 1.807) is 6.07 Å². The minimum absolute atomic E-state index is 0.0280. The number of hydrogen-bond donors (Lipinski definition) is 5. The molecule has 5 N–H and O–H groups in total. The van der Waals surface area contributed by atoms with E-state index in [0.717, 1.165) is 30.7 Å². The maximum atomic E-state index is 13.9. The molecule has 1 unspecified atom stereocenters. The van der Waals surface area contributed by atoms with Crippen molar-refractivity contribution in [3.8, 4) is 11.5 Å². The van der Waals surface area contributed by atoms with Crippen molar-refractivity contribution < 1.29 is 52.5 Å². The molecule has 0 saturated carbocycles. The van der Waals surface area contributed by atoms with Gasteiger partial charge in [0.05, 0.1) is 28.6 Å². The Labute approximate surface area is 249 Å². The molecular formula is C29H32F3N3O9. The van der Waals surface area contributed by atoms with Crippen LogP contribution in [-0.4, -0.2) is 70.8 Å². The number of carboxylic acid groups (broad SMARTS) is 2. The Morgan fingerprint density at radius 3 is 2.34 bits per heavy atom. The van der Waals surface area contributed by atoms with Gasteiger partial charge in [-0.25, -0.2) is 9.59 Å². The van der Waals surface area contributed by atoms with Crippen molar-refractivity contribution in [3.63, 3.8) is 0 Å². The van der Waals surface area contributed by atoms with Crippen LogP contribution < -0.4 is 20.1 Å². The fraction of sp³-hybridized carbons (Fsp3) is 0.379. The summed E-state index contributed by atoms with van der Waals surface area (Å²) in [5, 5.41) is 46.2. The van der Waals surface area contributed by atoms with Gasteiger partial charge in [-0.05, 0) is 50.9 Å². The van der Waals surface area contributed by atoms with Crippen LogP contribution in [0.15, 0.2) is 65.0 Å². The van der Waals surface area contributed by atoms with Gasteiger partial charge in [-0.2, -0.15) is 13.2 Å². The summed E-state index contributed by atoms with van der Waals surface area (Å²) >= 11 is 0. The molecule has 0 saturated heterocycles. The van der Waals surface area contributed by atoms with Gasteiger partial charge in [-0.3, -0.25) is 10.1 Å². The second kappa shape index (κ2) is 14.7. The summed E-state index contributed by atoms with van der Waals surface area (Å²) in [4.78, 5) is 34.9. The molecule has 0 aliphatic carbocycles. The fourth-order valence-electron chi connectivity index (χ4n) is 4.65. The van der Waals surface area contributed by atoms with Gasteiger partial charge in [0.1, 0.15) is 29.9 Å². The maximum Gasteiger partial charge on any atom is 0.431 e. The molecule has 238 valence electrons. The molecule has 44 heavy (non-hydrogen) atoms. The van der Waals surface area contributed by atoms with E-state index in [1.807, 2.05) is 30.4 Å². The second-order valence-corrected chi connectivity index (χ2v) is 9.96. The van der Waals surface area contributed by atoms with E-state index in [0.29, 0.717) is 25.1 Å². The highest BCUT2D eigenvalue weighted by Crippen LogP contribution is 2.46. The predicted octanol–water partition coefficient (Wildman–Crippen LogP) is 4.04. The van der Waals surface area contributed by atoms with Crippen molar-refractivity contribution in [1.29, 1.82) is 0 Å². The average molecular weight is 624 g/mol. The molecule has 0 amide bonds. The number of allylic oxidation sites excluding steroid dienone is 2. The summed E-state index contributed by atoms with van der Waals surface area (Å²) in [6, 6.07) is 10.3. The summed E-state index contributed by atoms with van der Waals surface area (Å²) in [5.41, 5.74) is -4.30. The Bertz CT molecular complexity index is 1460. The summed E-state index contributed by atoms with van der Waals surface area (Å²) in [7, 11) is 0. The Morgan fingerprint density at radius 2 is 1.73 bits per heavy atom. The molecule has 1 aliphatic heterocycles. The van der Waals surface area contributed by atoms with Gasteiger partial charge in [0.25, 0.3) is 5.69 Å². The van der Waals surface area contributed by atoms with E-state index in [4.69, 9.17) is 9.47 Å². The molecule has 1 heterocycles. The molecule has 1 aliphatic rings. The van der Waals surface area contributed by atoms with Crippen LogP contribution >= 0.6 is 0 Å². The molecule has 0 fully saturated rings. The Morgan fingerprint density at radius 1 is 1.05 bits per heavy atom. The highest BCUT2D eigenvalue weighted by atomic mass is 19.4. The molecule has 2 aromatic carbocycles. The van der Waals surface area contributed by atoms with Crippen LogP contribution in [0.3, 0.4) is 0 Å². The third kappa shape index (κ3) is 8.48. The lowest BCUT2D eigenvalue weighted by Gasteiger charge is -2.31. The van der Waals surface area contributed by atoms with Crippen molar-refractivity contribution in [3.05, 3.63) is 86.2 Å². The SMILES string of the molecule is CC1=C(C(=O)O)C(c2cc([N+](=O)[O-])ccc2OCCCCNC[C@@H](O)COc2ccccc2C)C(C(=O)O)=C(C(F)(F)F)N1. The van der Waals surface area contributed by atoms with Crippen LogP contribution in [0.4, 0.5) is 18.9 Å². The fourth-order valence-corrected chi connectivity index (χ4v) is 4.65. The third-order valence-electron chi connectivity index (χ3n) is 6.73. The van der Waals surface area contributed by atoms with E-state index in [1.165, 1.54) is 0 Å². The number of ether oxygens (including phenoxy) is 2. The molecule has 12 nitrogen and oxygen atoms in total. The number of para-hydroxylation sites is 1. The van der Waals surface area contributed by atoms with Crippen LogP contribution in [0, 0.1) is 17.0 Å². The van der Waals surface area contributed by atoms with Crippen LogP contribution in [0.2, 0.25) is 0 Å². The largest absolute Gasteiger partial charge is 0.493 e. The zero-order valence-corrected chi connectivity index (χ0v) is 23.8. The zero-order valence-electron chi connectivity index (χ0n) is 23.8. The number of nitrogens with zero attached hydrogens (tertiary/aromatic N) is 1. The number of hydrogen-bond acceptors (Lipinski definition) is 9. The summed E-state index contributed by atoms with van der Waals surface area (Å²) < 4.78 is 52.9. The van der Waals surface area contributed by atoms with E-state index in [9.17, 15) is 48.2 Å². The number of nitro groups is 1. The molecule has 0 aromatic heterocycles. The van der Waals surface area contributed by atoms with E-state index in [2.05, 4.69) is 5.32 Å². The van der Waals surface area contributed by atoms with Crippen molar-refractivity contribution in [1.82, 2.24) is 10.6 Å². The van der Waals surface area contributed by atoms with Crippen molar-refractivity contribution in [2.75, 3.05) is 26.3 Å². The van der Waals surface area contributed by atoms with Gasteiger partial charge < -0.3 is 35.4 Å². The molecule has 2 atom stereocenters. The predicted molar refractivity (Wildman–Crippen MR) is 150 cm³/mol. The van der Waals surface area contributed by atoms with Crippen LogP contribution in [0.1, 0.15) is 36.8 Å². The van der Waals surface area contributed by atoms with Gasteiger partial charge >= 0.3 is 18.1 Å². The highest BCUT2D eigenvalue weighted by molar-refractivity contribution is 5.99. The molecule has 15 heteroatoms. The number of halogens is 3. The second-order valence-electron chi connectivity index (χ2n) is 9.96. The lowest BCUT2D eigenvalue weighted by atomic mass is 9.79. The van der Waals surface area contributed by atoms with E-state index in [-0.39, 0.29) is 25.5 Å². The Hall–Kier alpha value is -4.63. The standard InChI is InChI=1S/C29H32F3N3O9/c1-16-7-3-4-8-21(16)44-15-19(36)14-33-11-5-6-12-43-22-10-9-18(35(41)42)13-20(22)24-23(27(37)38)17(2)34-26(29(30,31)32)25(24)28(39)40/h3-4,7-10,13,19,24,33-34,36H,5-6,11-12,14-15H2,1-2H3,(H,37,38)(H,39,40)/t19-,24?/m1/s1. The number of aliphatic hydroxyl groups excluding tert-OH is 1. The maximum absolute atomic E-state index is 13.9. The van der Waals surface area contributed by atoms with Crippen molar-refractivity contribution in [2.24, 2.45) is 0 Å². The highest BCUT2D eigenvalue weighted by Gasteiger charge is 2.47. The van der Waals surface area contributed by atoms with Crippen LogP contribution in [0.25, 0.3) is 0 Å². The van der Waals surface area contributed by atoms with Gasteiger partial charge in [0, 0.05) is 29.9 Å². The minimum atomic E-state index is -5.20. The number of dihydropyridines is 1. The van der Waals surface area contributed by atoms with Gasteiger partial charge in [-0.1, -0.05) is 18.2 Å². The number of nitrogens with one attached hydrogen (secondary N) is 2. The normalized spacial score (nSPS) is 15.9. The van der Waals surface area contributed by atoms with Gasteiger partial charge in [-0.15, -0.1) is 0 Å². The number of unbranched alkanes of at least 4 members (excludes halogenated alkanes) is 1. The first-order chi connectivity index (χ1) is 20.7. The summed E-state index contributed by atoms with van der Waals surface area (Å²) in [5.74, 6) is -5.35. The minimum Gasteiger partial charge on any atom is -0.493 e. The average Bonchev–Trinajstić information content (AvgIpc) is 2.94. The number of aliphatic hydroxyl groups is 1. The van der Waals surface area contributed by atoms with E-state index < -0.39 is 68.9 Å². The van der Waals surface area contributed by atoms with Crippen LogP contribution in [0.5, 0.6) is 11.5 Å². The van der Waals surface area contributed by atoms with E-state index >= 15 is 0 Å². The number of non-ortho nitro benzene ring substituents is 1. The van der Waals surface area contributed by atoms with Gasteiger partial charge in [0.2, 0.25) is 0 Å². The number of alkyl halides is 3. The summed E-state index contributed by atoms with van der Waals surface area (Å²) in [6.45, 7) is 3.67. The molecule has 2 aromatic rings. The number of aryl methyl sites for hydroxylation is 1. The Kier molecular flexibility index (Phi) is 11.3. The number of carbonyl (C=O) groups is 2. The first kappa shape index (κ1) is 33.9. The molecule has 0 radical (unpaired) electrons. The molecule has 3 rings (SSSR count). The first-order valence-electron chi connectivity index (χ1n) is 13.5. The number of nitro benzene ring substituents is 1. The Balaban J connectivity index is 1.71. The lowest BCUT2D eigenvalue weighted by Crippen LogP contribution is -2.37. The summed E-state index contributed by atoms with van der Waals surface area (Å²) in [6.07, 6.45) is -5.07. The number of benzene rings is 2. The molecular weight excluding hydrogens is 591 g/mol. The lowest BCUT2D eigenvalue weighted by molar-refractivity contribution is -0.384. The first-order valence-corrected chi connectivity index (χ1v) is 13.5. The number of rotatable bonds is 15. The number of carboxylic acids is 2. The monoisotopic (exact) mass is 623 g/mol. The molecule has 0 bridgehead atoms. The zero-order chi connectivity index (χ0) is 32.6. The smallest absolute Gasteiger partial charge is 0.431 e.